The average molecular weight is 467 g/mol. The molecule has 30 heavy (non-hydrogen) atoms. The number of benzene rings is 2. The van der Waals surface area contributed by atoms with Gasteiger partial charge in [0.15, 0.2) is 0 Å². The standard InChI is InChI=1S/C19H20Cl2N6O2S/c20-14-9-15(21)11-16(10-14)23-19-24-18(25-26-19)22-12-13-3-5-17(6-4-13)30(28,29)27-7-1-2-8-27/h3-6,9-11H,1-2,7-8,12H2,(H3,22,23,24,25,26). The maximum absolute atomic E-state index is 12.6. The molecule has 0 atom stereocenters. The molecule has 1 aliphatic rings. The van der Waals surface area contributed by atoms with Crippen LogP contribution in [-0.4, -0.2) is 41.0 Å². The molecule has 0 aliphatic carbocycles. The third kappa shape index (κ3) is 4.86. The first-order valence-corrected chi connectivity index (χ1v) is 11.6. The first-order chi connectivity index (χ1) is 14.4. The normalized spacial score (nSPS) is 14.7. The first-order valence-electron chi connectivity index (χ1n) is 9.39. The number of hydrogen-bond acceptors (Lipinski definition) is 6. The fraction of sp³-hybridized carbons (Fsp3) is 0.263. The van der Waals surface area contributed by atoms with Crippen LogP contribution in [0, 0.1) is 0 Å². The van der Waals surface area contributed by atoms with Gasteiger partial charge in [-0.15, -0.1) is 5.10 Å². The molecule has 1 aromatic heterocycles. The Morgan fingerprint density at radius 2 is 1.70 bits per heavy atom. The number of H-pyrrole nitrogens is 1. The maximum atomic E-state index is 12.6. The van der Waals surface area contributed by atoms with Gasteiger partial charge in [0.1, 0.15) is 0 Å². The van der Waals surface area contributed by atoms with Gasteiger partial charge >= 0.3 is 0 Å². The van der Waals surface area contributed by atoms with Crippen LogP contribution in [0.25, 0.3) is 0 Å². The van der Waals surface area contributed by atoms with Crippen molar-refractivity contribution in [3.63, 3.8) is 0 Å². The van der Waals surface area contributed by atoms with Crippen LogP contribution in [0.4, 0.5) is 17.6 Å². The molecule has 1 saturated heterocycles. The number of halogens is 2. The summed E-state index contributed by atoms with van der Waals surface area (Å²) in [4.78, 5) is 4.63. The molecule has 1 fully saturated rings. The zero-order valence-electron chi connectivity index (χ0n) is 15.9. The van der Waals surface area contributed by atoms with Crippen LogP contribution >= 0.6 is 23.2 Å². The topological polar surface area (TPSA) is 103 Å². The molecule has 11 heteroatoms. The smallest absolute Gasteiger partial charge is 0.243 e. The van der Waals surface area contributed by atoms with Crippen LogP contribution in [0.3, 0.4) is 0 Å². The van der Waals surface area contributed by atoms with E-state index in [9.17, 15) is 8.42 Å². The zero-order valence-corrected chi connectivity index (χ0v) is 18.2. The molecule has 3 aromatic rings. The third-order valence-electron chi connectivity index (χ3n) is 4.69. The van der Waals surface area contributed by atoms with Crippen molar-refractivity contribution in [3.8, 4) is 0 Å². The van der Waals surface area contributed by atoms with E-state index in [0.29, 0.717) is 52.2 Å². The third-order valence-corrected chi connectivity index (χ3v) is 7.04. The van der Waals surface area contributed by atoms with E-state index < -0.39 is 10.0 Å². The minimum atomic E-state index is -3.40. The summed E-state index contributed by atoms with van der Waals surface area (Å²) in [5.74, 6) is 0.835. The van der Waals surface area contributed by atoms with Crippen LogP contribution in [0.1, 0.15) is 18.4 Å². The Hall–Kier alpha value is -2.33. The molecule has 2 heterocycles. The van der Waals surface area contributed by atoms with Crippen LogP contribution in [0.15, 0.2) is 47.4 Å². The lowest BCUT2D eigenvalue weighted by molar-refractivity contribution is 0.477. The van der Waals surface area contributed by atoms with E-state index in [1.54, 1.807) is 42.5 Å². The van der Waals surface area contributed by atoms with Crippen molar-refractivity contribution in [2.24, 2.45) is 0 Å². The highest BCUT2D eigenvalue weighted by Gasteiger charge is 2.26. The molecule has 0 bridgehead atoms. The number of sulfonamides is 1. The van der Waals surface area contributed by atoms with Gasteiger partial charge in [-0.05, 0) is 48.7 Å². The first kappa shape index (κ1) is 20.9. The van der Waals surface area contributed by atoms with Gasteiger partial charge in [-0.25, -0.2) is 13.5 Å². The van der Waals surface area contributed by atoms with E-state index in [1.807, 2.05) is 0 Å². The molecule has 0 amide bonds. The van der Waals surface area contributed by atoms with E-state index in [1.165, 1.54) is 4.31 Å². The van der Waals surface area contributed by atoms with Gasteiger partial charge in [0.2, 0.25) is 21.9 Å². The van der Waals surface area contributed by atoms with Gasteiger partial charge in [0, 0.05) is 35.4 Å². The van der Waals surface area contributed by atoms with E-state index in [0.717, 1.165) is 18.4 Å². The SMILES string of the molecule is O=S(=O)(c1ccc(CNc2n[nH]c(Nc3cc(Cl)cc(Cl)c3)n2)cc1)N1CCCC1. The van der Waals surface area contributed by atoms with Crippen molar-refractivity contribution in [3.05, 3.63) is 58.1 Å². The molecular formula is C19H20Cl2N6O2S. The van der Waals surface area contributed by atoms with Crippen LogP contribution in [0.5, 0.6) is 0 Å². The van der Waals surface area contributed by atoms with Crippen molar-refractivity contribution < 1.29 is 8.42 Å². The van der Waals surface area contributed by atoms with E-state index in [4.69, 9.17) is 23.2 Å². The van der Waals surface area contributed by atoms with Gasteiger partial charge < -0.3 is 10.6 Å². The van der Waals surface area contributed by atoms with Gasteiger partial charge in [-0.1, -0.05) is 35.3 Å². The molecule has 4 rings (SSSR count). The molecule has 158 valence electrons. The quantitative estimate of drug-likeness (QED) is 0.480. The summed E-state index contributed by atoms with van der Waals surface area (Å²) in [6.07, 6.45) is 1.83. The predicted octanol–water partition coefficient (Wildman–Crippen LogP) is 4.25. The molecule has 0 spiro atoms. The van der Waals surface area contributed by atoms with Crippen molar-refractivity contribution >= 4 is 50.8 Å². The molecule has 2 aromatic carbocycles. The highest BCUT2D eigenvalue weighted by atomic mass is 35.5. The van der Waals surface area contributed by atoms with Gasteiger partial charge in [0.25, 0.3) is 0 Å². The Bertz CT molecular complexity index is 1110. The Kier molecular flexibility index (Phi) is 6.14. The monoisotopic (exact) mass is 466 g/mol. The summed E-state index contributed by atoms with van der Waals surface area (Å²) in [6, 6.07) is 11.9. The minimum Gasteiger partial charge on any atom is -0.349 e. The van der Waals surface area contributed by atoms with Gasteiger partial charge in [-0.3, -0.25) is 0 Å². The summed E-state index contributed by atoms with van der Waals surface area (Å²) in [5.41, 5.74) is 1.60. The summed E-state index contributed by atoms with van der Waals surface area (Å²) in [7, 11) is -3.40. The van der Waals surface area contributed by atoms with Gasteiger partial charge in [0.05, 0.1) is 4.90 Å². The number of hydrogen-bond donors (Lipinski definition) is 3. The fourth-order valence-electron chi connectivity index (χ4n) is 3.20. The molecule has 1 aliphatic heterocycles. The van der Waals surface area contributed by atoms with E-state index >= 15 is 0 Å². The second-order valence-corrected chi connectivity index (χ2v) is 9.71. The number of rotatable bonds is 7. The molecule has 0 saturated carbocycles. The van der Waals surface area contributed by atoms with E-state index in [-0.39, 0.29) is 0 Å². The van der Waals surface area contributed by atoms with Crippen molar-refractivity contribution in [2.45, 2.75) is 24.3 Å². The Balaban J connectivity index is 1.36. The lowest BCUT2D eigenvalue weighted by atomic mass is 10.2. The second-order valence-electron chi connectivity index (χ2n) is 6.90. The van der Waals surface area contributed by atoms with Crippen LogP contribution in [-0.2, 0) is 16.6 Å². The highest BCUT2D eigenvalue weighted by molar-refractivity contribution is 7.89. The molecule has 8 nitrogen and oxygen atoms in total. The molecule has 0 radical (unpaired) electrons. The number of nitrogens with zero attached hydrogens (tertiary/aromatic N) is 3. The summed E-state index contributed by atoms with van der Waals surface area (Å²) in [5, 5.41) is 14.1. The lowest BCUT2D eigenvalue weighted by Gasteiger charge is -2.15. The number of anilines is 3. The zero-order chi connectivity index (χ0) is 21.1. The Morgan fingerprint density at radius 1 is 1.03 bits per heavy atom. The molecular weight excluding hydrogens is 447 g/mol. The number of aromatic nitrogens is 3. The summed E-state index contributed by atoms with van der Waals surface area (Å²) < 4.78 is 26.7. The Morgan fingerprint density at radius 3 is 2.37 bits per heavy atom. The maximum Gasteiger partial charge on any atom is 0.243 e. The van der Waals surface area contributed by atoms with Crippen molar-refractivity contribution in [1.29, 1.82) is 0 Å². The molecule has 0 unspecified atom stereocenters. The molecule has 3 N–H and O–H groups in total. The van der Waals surface area contributed by atoms with Crippen LogP contribution < -0.4 is 10.6 Å². The second kappa shape index (κ2) is 8.81. The van der Waals surface area contributed by atoms with Crippen molar-refractivity contribution in [2.75, 3.05) is 23.7 Å². The van der Waals surface area contributed by atoms with Crippen LogP contribution in [0.2, 0.25) is 10.0 Å². The van der Waals surface area contributed by atoms with Gasteiger partial charge in [-0.2, -0.15) is 9.29 Å². The Labute approximate surface area is 184 Å². The van der Waals surface area contributed by atoms with E-state index in [2.05, 4.69) is 25.8 Å². The predicted molar refractivity (Wildman–Crippen MR) is 118 cm³/mol. The number of nitrogens with one attached hydrogen (secondary N) is 3. The highest BCUT2D eigenvalue weighted by Crippen LogP contribution is 2.24. The lowest BCUT2D eigenvalue weighted by Crippen LogP contribution is -2.27. The largest absolute Gasteiger partial charge is 0.349 e. The number of aromatic amines is 1. The fourth-order valence-corrected chi connectivity index (χ4v) is 5.24. The summed E-state index contributed by atoms with van der Waals surface area (Å²) in [6.45, 7) is 1.63. The van der Waals surface area contributed by atoms with Crippen molar-refractivity contribution in [1.82, 2.24) is 19.5 Å². The average Bonchev–Trinajstić information content (AvgIpc) is 3.38. The minimum absolute atomic E-state index is 0.317. The summed E-state index contributed by atoms with van der Waals surface area (Å²) >= 11 is 12.0.